The second kappa shape index (κ2) is 9.71. The fraction of sp³-hybridized carbons (Fsp3) is 0.667. The van der Waals surface area contributed by atoms with Gasteiger partial charge in [0.05, 0.1) is 6.54 Å². The van der Waals surface area contributed by atoms with Crippen molar-refractivity contribution in [2.75, 3.05) is 29.9 Å². The van der Waals surface area contributed by atoms with Crippen LogP contribution in [0.5, 0.6) is 0 Å². The molecule has 0 spiro atoms. The van der Waals surface area contributed by atoms with E-state index in [9.17, 15) is 9.59 Å². The standard InChI is InChI=1S/C24H36N4O2/c1-17(22-15-18-6-7-19(22)14-18)26-24(30)25-16-23(29)27-20-8-10-21(11-9-20)28-12-4-2-3-5-13-28/h8-11,17-19,22H,2-7,12-16H2,1H3,(H,27,29)(H2,25,26,30)/t17-,18+,19+,22+/m1/s1. The van der Waals surface area contributed by atoms with Crippen molar-refractivity contribution in [1.82, 2.24) is 10.6 Å². The number of nitrogens with one attached hydrogen (secondary N) is 3. The maximum Gasteiger partial charge on any atom is 0.315 e. The van der Waals surface area contributed by atoms with Gasteiger partial charge in [0, 0.05) is 30.5 Å². The van der Waals surface area contributed by atoms with Crippen LogP contribution in [0.1, 0.15) is 58.3 Å². The van der Waals surface area contributed by atoms with Gasteiger partial charge in [0.25, 0.3) is 0 Å². The van der Waals surface area contributed by atoms with E-state index in [-0.39, 0.29) is 24.5 Å². The molecule has 6 nitrogen and oxygen atoms in total. The first-order valence-electron chi connectivity index (χ1n) is 11.8. The molecule has 3 aliphatic rings. The van der Waals surface area contributed by atoms with Gasteiger partial charge in [-0.3, -0.25) is 4.79 Å². The van der Waals surface area contributed by atoms with Crippen LogP contribution in [0.25, 0.3) is 0 Å². The van der Waals surface area contributed by atoms with Gasteiger partial charge in [0.1, 0.15) is 0 Å². The molecular formula is C24H36N4O2. The van der Waals surface area contributed by atoms with Gasteiger partial charge in [0.2, 0.25) is 5.91 Å². The van der Waals surface area contributed by atoms with Crippen molar-refractivity contribution in [3.8, 4) is 0 Å². The highest BCUT2D eigenvalue weighted by atomic mass is 16.2. The van der Waals surface area contributed by atoms with Gasteiger partial charge in [-0.1, -0.05) is 19.3 Å². The maximum absolute atomic E-state index is 12.2. The quantitative estimate of drug-likeness (QED) is 0.658. The molecule has 30 heavy (non-hydrogen) atoms. The molecule has 1 aliphatic heterocycles. The Hall–Kier alpha value is -2.24. The first-order chi connectivity index (χ1) is 14.6. The fourth-order valence-electron chi connectivity index (χ4n) is 5.72. The highest BCUT2D eigenvalue weighted by Gasteiger charge is 2.42. The zero-order chi connectivity index (χ0) is 20.9. The Kier molecular flexibility index (Phi) is 6.80. The fourth-order valence-corrected chi connectivity index (χ4v) is 5.72. The van der Waals surface area contributed by atoms with E-state index in [0.29, 0.717) is 5.92 Å². The highest BCUT2D eigenvalue weighted by molar-refractivity contribution is 5.94. The summed E-state index contributed by atoms with van der Waals surface area (Å²) in [5.74, 6) is 2.01. The van der Waals surface area contributed by atoms with E-state index in [1.807, 2.05) is 12.1 Å². The van der Waals surface area contributed by atoms with Crippen LogP contribution in [0.15, 0.2) is 24.3 Å². The largest absolute Gasteiger partial charge is 0.372 e. The number of carbonyl (C=O) groups excluding carboxylic acids is 2. The number of benzene rings is 1. The molecule has 2 saturated carbocycles. The molecule has 1 saturated heterocycles. The van der Waals surface area contributed by atoms with Crippen LogP contribution in [0.2, 0.25) is 0 Å². The van der Waals surface area contributed by atoms with Crippen LogP contribution in [-0.2, 0) is 4.79 Å². The van der Waals surface area contributed by atoms with E-state index in [0.717, 1.165) is 30.6 Å². The molecular weight excluding hydrogens is 376 g/mol. The molecule has 6 heteroatoms. The molecule has 1 aromatic carbocycles. The number of fused-ring (bicyclic) bond motifs is 2. The highest BCUT2D eigenvalue weighted by Crippen LogP contribution is 2.49. The normalized spacial score (nSPS) is 26.7. The van der Waals surface area contributed by atoms with Crippen molar-refractivity contribution in [3.63, 3.8) is 0 Å². The van der Waals surface area contributed by atoms with Gasteiger partial charge < -0.3 is 20.9 Å². The van der Waals surface area contributed by atoms with E-state index in [2.05, 4.69) is 39.9 Å². The molecule has 3 amide bonds. The zero-order valence-electron chi connectivity index (χ0n) is 18.2. The Morgan fingerprint density at radius 2 is 1.77 bits per heavy atom. The lowest BCUT2D eigenvalue weighted by Gasteiger charge is -2.28. The molecule has 2 aliphatic carbocycles. The maximum atomic E-state index is 12.2. The van der Waals surface area contributed by atoms with Crippen LogP contribution in [0, 0.1) is 17.8 Å². The summed E-state index contributed by atoms with van der Waals surface area (Å²) in [4.78, 5) is 26.9. The minimum Gasteiger partial charge on any atom is -0.372 e. The molecule has 3 N–H and O–H groups in total. The number of nitrogens with zero attached hydrogens (tertiary/aromatic N) is 1. The van der Waals surface area contributed by atoms with Gasteiger partial charge in [-0.15, -0.1) is 0 Å². The number of anilines is 2. The predicted octanol–water partition coefficient (Wildman–Crippen LogP) is 4.13. The van der Waals surface area contributed by atoms with Crippen LogP contribution < -0.4 is 20.9 Å². The first-order valence-corrected chi connectivity index (χ1v) is 11.8. The van der Waals surface area contributed by atoms with Crippen LogP contribution >= 0.6 is 0 Å². The van der Waals surface area contributed by atoms with E-state index < -0.39 is 0 Å². The van der Waals surface area contributed by atoms with Crippen molar-refractivity contribution in [2.45, 2.75) is 64.3 Å². The number of hydrogen-bond donors (Lipinski definition) is 3. The summed E-state index contributed by atoms with van der Waals surface area (Å²) in [6.45, 7) is 4.27. The Morgan fingerprint density at radius 3 is 2.40 bits per heavy atom. The SMILES string of the molecule is C[C@@H](NC(=O)NCC(=O)Nc1ccc(N2CCCCCC2)cc1)[C@@H]1C[C@H]2CC[C@H]1C2. The van der Waals surface area contributed by atoms with Gasteiger partial charge in [-0.25, -0.2) is 4.79 Å². The van der Waals surface area contributed by atoms with Crippen molar-refractivity contribution < 1.29 is 9.59 Å². The molecule has 4 atom stereocenters. The average Bonchev–Trinajstić information content (AvgIpc) is 3.28. The van der Waals surface area contributed by atoms with Crippen LogP contribution in [-0.4, -0.2) is 37.6 Å². The molecule has 3 fully saturated rings. The Morgan fingerprint density at radius 1 is 1.03 bits per heavy atom. The second-order valence-corrected chi connectivity index (χ2v) is 9.45. The van der Waals surface area contributed by atoms with Gasteiger partial charge in [-0.2, -0.15) is 0 Å². The molecule has 0 aromatic heterocycles. The Labute approximate surface area is 180 Å². The smallest absolute Gasteiger partial charge is 0.315 e. The van der Waals surface area contributed by atoms with Crippen LogP contribution in [0.4, 0.5) is 16.2 Å². The third kappa shape index (κ3) is 5.27. The topological polar surface area (TPSA) is 73.5 Å². The van der Waals surface area contributed by atoms with Crippen molar-refractivity contribution in [2.24, 2.45) is 17.8 Å². The van der Waals surface area contributed by atoms with Gasteiger partial charge in [-0.05, 0) is 81.0 Å². The van der Waals surface area contributed by atoms with Crippen molar-refractivity contribution in [1.29, 1.82) is 0 Å². The second-order valence-electron chi connectivity index (χ2n) is 9.45. The van der Waals surface area contributed by atoms with E-state index in [4.69, 9.17) is 0 Å². The van der Waals surface area contributed by atoms with Gasteiger partial charge >= 0.3 is 6.03 Å². The number of amides is 3. The molecule has 0 radical (unpaired) electrons. The van der Waals surface area contributed by atoms with Crippen LogP contribution in [0.3, 0.4) is 0 Å². The third-order valence-electron chi connectivity index (χ3n) is 7.33. The summed E-state index contributed by atoms with van der Waals surface area (Å²) in [5, 5.41) is 8.61. The number of carbonyl (C=O) groups is 2. The molecule has 4 rings (SSSR count). The molecule has 1 aromatic rings. The van der Waals surface area contributed by atoms with E-state index in [1.165, 1.54) is 57.1 Å². The van der Waals surface area contributed by atoms with Gasteiger partial charge in [0.15, 0.2) is 0 Å². The third-order valence-corrected chi connectivity index (χ3v) is 7.33. The average molecular weight is 413 g/mol. The minimum absolute atomic E-state index is 0.0247. The first kappa shape index (κ1) is 21.0. The van der Waals surface area contributed by atoms with E-state index >= 15 is 0 Å². The molecule has 1 heterocycles. The lowest BCUT2D eigenvalue weighted by Crippen LogP contribution is -2.47. The minimum atomic E-state index is -0.253. The Balaban J connectivity index is 1.18. The summed E-state index contributed by atoms with van der Waals surface area (Å²) in [6, 6.07) is 7.92. The molecule has 2 bridgehead atoms. The monoisotopic (exact) mass is 412 g/mol. The predicted molar refractivity (Wildman–Crippen MR) is 121 cm³/mol. The summed E-state index contributed by atoms with van der Waals surface area (Å²) in [7, 11) is 0. The lowest BCUT2D eigenvalue weighted by atomic mass is 9.84. The lowest BCUT2D eigenvalue weighted by molar-refractivity contribution is -0.115. The summed E-state index contributed by atoms with van der Waals surface area (Å²) >= 11 is 0. The summed E-state index contributed by atoms with van der Waals surface area (Å²) in [5.41, 5.74) is 1.97. The summed E-state index contributed by atoms with van der Waals surface area (Å²) in [6.07, 6.45) is 10.3. The summed E-state index contributed by atoms with van der Waals surface area (Å²) < 4.78 is 0. The Bertz CT molecular complexity index is 727. The van der Waals surface area contributed by atoms with Crippen molar-refractivity contribution in [3.05, 3.63) is 24.3 Å². The number of rotatable bonds is 6. The van der Waals surface area contributed by atoms with E-state index in [1.54, 1.807) is 0 Å². The number of urea groups is 1. The molecule has 164 valence electrons. The van der Waals surface area contributed by atoms with Crippen molar-refractivity contribution >= 4 is 23.3 Å². The zero-order valence-corrected chi connectivity index (χ0v) is 18.2. The number of hydrogen-bond acceptors (Lipinski definition) is 3. The molecule has 0 unspecified atom stereocenters.